The molecule has 2 aliphatic rings. The molecule has 0 radical (unpaired) electrons. The molecule has 0 saturated heterocycles. The third-order valence-electron chi connectivity index (χ3n) is 6.16. The summed E-state index contributed by atoms with van der Waals surface area (Å²) in [5.74, 6) is -1.52. The van der Waals surface area contributed by atoms with Gasteiger partial charge in [-0.2, -0.15) is 13.2 Å². The number of aliphatic imine (C=N–C) groups is 1. The summed E-state index contributed by atoms with van der Waals surface area (Å²) in [6.07, 6.45) is -2.08. The highest BCUT2D eigenvalue weighted by Crippen LogP contribution is 2.39. The molecule has 1 aliphatic carbocycles. The van der Waals surface area contributed by atoms with Gasteiger partial charge in [0, 0.05) is 24.5 Å². The molecule has 32 heavy (non-hydrogen) atoms. The molecule has 0 saturated carbocycles. The Morgan fingerprint density at radius 3 is 2.66 bits per heavy atom. The average molecular weight is 470 g/mol. The molecule has 2 heterocycles. The van der Waals surface area contributed by atoms with Gasteiger partial charge in [-0.3, -0.25) is 4.98 Å². The maximum atomic E-state index is 14.8. The highest BCUT2D eigenvalue weighted by Gasteiger charge is 2.42. The van der Waals surface area contributed by atoms with Gasteiger partial charge in [0.25, 0.3) is 0 Å². The molecule has 0 bridgehead atoms. The van der Waals surface area contributed by atoms with Gasteiger partial charge in [0.05, 0.1) is 11.3 Å². The molecule has 0 amide bonds. The molecule has 1 aromatic heterocycles. The van der Waals surface area contributed by atoms with Crippen LogP contribution in [0.1, 0.15) is 47.2 Å². The van der Waals surface area contributed by atoms with Crippen LogP contribution in [-0.2, 0) is 34.6 Å². The first-order chi connectivity index (χ1) is 14.8. The summed E-state index contributed by atoms with van der Waals surface area (Å²) < 4.78 is 79.9. The molecule has 172 valence electrons. The third kappa shape index (κ3) is 3.94. The Labute approximate surface area is 183 Å². The van der Waals surface area contributed by atoms with Crippen LogP contribution < -0.4 is 5.73 Å². The van der Waals surface area contributed by atoms with Gasteiger partial charge in [-0.15, -0.1) is 0 Å². The van der Waals surface area contributed by atoms with E-state index in [0.717, 1.165) is 16.6 Å². The fourth-order valence-corrected chi connectivity index (χ4v) is 5.84. The normalized spacial score (nSPS) is 24.9. The lowest BCUT2D eigenvalue weighted by molar-refractivity contribution is -0.137. The fraction of sp³-hybridized carbons (Fsp3) is 0.429. The summed E-state index contributed by atoms with van der Waals surface area (Å²) in [5.41, 5.74) is 5.47. The monoisotopic (exact) mass is 470 g/mol. The molecule has 2 aromatic rings. The molecule has 0 spiro atoms. The molecule has 1 aromatic carbocycles. The van der Waals surface area contributed by atoms with Crippen molar-refractivity contribution in [2.75, 3.05) is 12.8 Å². The minimum Gasteiger partial charge on any atom is -0.369 e. The number of pyridine rings is 1. The number of hydrogen-bond donors (Lipinski definition) is 1. The van der Waals surface area contributed by atoms with Crippen molar-refractivity contribution in [3.8, 4) is 0 Å². The fourth-order valence-electron chi connectivity index (χ4n) is 4.39. The van der Waals surface area contributed by atoms with Crippen molar-refractivity contribution in [2.45, 2.75) is 43.8 Å². The third-order valence-corrected chi connectivity index (χ3v) is 8.11. The van der Waals surface area contributed by atoms with Gasteiger partial charge in [-0.05, 0) is 55.4 Å². The molecule has 4 rings (SSSR count). The number of halogens is 4. The first-order valence-corrected chi connectivity index (χ1v) is 11.6. The van der Waals surface area contributed by atoms with E-state index in [4.69, 9.17) is 5.73 Å². The summed E-state index contributed by atoms with van der Waals surface area (Å²) in [6.45, 7) is 1.50. The van der Waals surface area contributed by atoms with Crippen LogP contribution in [0.25, 0.3) is 0 Å². The van der Waals surface area contributed by atoms with Gasteiger partial charge in [0.1, 0.15) is 11.4 Å². The Balaban J connectivity index is 1.68. The van der Waals surface area contributed by atoms with Gasteiger partial charge in [-0.25, -0.2) is 22.1 Å². The van der Waals surface area contributed by atoms with E-state index in [1.807, 2.05) is 0 Å². The lowest BCUT2D eigenvalue weighted by atomic mass is 9.88. The van der Waals surface area contributed by atoms with Crippen molar-refractivity contribution in [2.24, 2.45) is 10.7 Å². The number of rotatable bonds is 3. The minimum absolute atomic E-state index is 0.0787. The Morgan fingerprint density at radius 1 is 1.28 bits per heavy atom. The highest BCUT2D eigenvalue weighted by atomic mass is 32.2. The Bertz CT molecular complexity index is 1210. The maximum absolute atomic E-state index is 14.8. The number of alkyl halides is 3. The molecule has 1 aliphatic heterocycles. The molecular formula is C21H22F4N4O2S. The first-order valence-electron chi connectivity index (χ1n) is 9.97. The van der Waals surface area contributed by atoms with Crippen LogP contribution in [0.2, 0.25) is 0 Å². The number of benzene rings is 1. The minimum atomic E-state index is -4.48. The summed E-state index contributed by atoms with van der Waals surface area (Å²) in [4.78, 5) is 8.22. The SMILES string of the molecule is CN1C(N)=N[C@](C)(c2cc(C[C@@H]3CCc4ncc(C(F)(F)F)cc43)ccc2F)CS1(=O)=O. The largest absolute Gasteiger partial charge is 0.417 e. The topological polar surface area (TPSA) is 88.7 Å². The van der Waals surface area contributed by atoms with E-state index in [1.165, 1.54) is 26.1 Å². The van der Waals surface area contributed by atoms with Gasteiger partial charge >= 0.3 is 6.18 Å². The molecule has 6 nitrogen and oxygen atoms in total. The molecule has 2 atom stereocenters. The van der Waals surface area contributed by atoms with Gasteiger partial charge in [0.15, 0.2) is 0 Å². The van der Waals surface area contributed by atoms with Crippen LogP contribution >= 0.6 is 0 Å². The van der Waals surface area contributed by atoms with Crippen LogP contribution in [0.15, 0.2) is 35.5 Å². The zero-order valence-electron chi connectivity index (χ0n) is 17.4. The summed E-state index contributed by atoms with van der Waals surface area (Å²) in [6, 6.07) is 5.46. The van der Waals surface area contributed by atoms with Crippen LogP contribution in [0.5, 0.6) is 0 Å². The van der Waals surface area contributed by atoms with Crippen molar-refractivity contribution < 1.29 is 26.0 Å². The van der Waals surface area contributed by atoms with Gasteiger partial charge in [0.2, 0.25) is 16.0 Å². The van der Waals surface area contributed by atoms with Crippen LogP contribution in [-0.4, -0.2) is 36.5 Å². The molecular weight excluding hydrogens is 448 g/mol. The predicted molar refractivity (Wildman–Crippen MR) is 111 cm³/mol. The first kappa shape index (κ1) is 22.5. The molecule has 0 fully saturated rings. The van der Waals surface area contributed by atoms with E-state index < -0.39 is 38.9 Å². The van der Waals surface area contributed by atoms with Gasteiger partial charge < -0.3 is 5.73 Å². The lowest BCUT2D eigenvalue weighted by Gasteiger charge is -2.34. The number of fused-ring (bicyclic) bond motifs is 1. The second-order valence-electron chi connectivity index (χ2n) is 8.48. The zero-order valence-corrected chi connectivity index (χ0v) is 18.3. The van der Waals surface area contributed by atoms with E-state index in [1.54, 1.807) is 6.07 Å². The maximum Gasteiger partial charge on any atom is 0.417 e. The standard InChI is InChI=1S/C21H22F4N4O2S/c1-20(11-32(30,31)29(2)19(26)28-20)16-8-12(3-5-17(16)22)7-13-4-6-18-15(13)9-14(10-27-18)21(23,24)25/h3,5,8-10,13H,4,6-7,11H2,1-2H3,(H2,26,28)/t13-,20-/m0/s1. The molecule has 0 unspecified atom stereocenters. The van der Waals surface area contributed by atoms with E-state index in [-0.39, 0.29) is 17.4 Å². The highest BCUT2D eigenvalue weighted by molar-refractivity contribution is 7.89. The number of nitrogens with zero attached hydrogens (tertiary/aromatic N) is 3. The second kappa shape index (κ2) is 7.43. The Hall–Kier alpha value is -2.69. The van der Waals surface area contributed by atoms with E-state index in [9.17, 15) is 26.0 Å². The quantitative estimate of drug-likeness (QED) is 0.697. The van der Waals surface area contributed by atoms with Crippen LogP contribution in [0.4, 0.5) is 17.6 Å². The van der Waals surface area contributed by atoms with Crippen molar-refractivity contribution in [1.29, 1.82) is 0 Å². The second-order valence-corrected chi connectivity index (χ2v) is 10.5. The number of hydrogen-bond acceptors (Lipinski definition) is 5. The smallest absolute Gasteiger partial charge is 0.369 e. The Kier molecular flexibility index (Phi) is 5.22. The number of nitrogens with two attached hydrogens (primary N) is 1. The van der Waals surface area contributed by atoms with Crippen molar-refractivity contribution >= 4 is 16.0 Å². The number of guanidine groups is 1. The van der Waals surface area contributed by atoms with Crippen molar-refractivity contribution in [3.63, 3.8) is 0 Å². The molecule has 11 heteroatoms. The number of aromatic nitrogens is 1. The van der Waals surface area contributed by atoms with E-state index >= 15 is 0 Å². The molecule has 2 N–H and O–H groups in total. The predicted octanol–water partition coefficient (Wildman–Crippen LogP) is 3.32. The number of aryl methyl sites for hydroxylation is 1. The summed E-state index contributed by atoms with van der Waals surface area (Å²) in [5, 5.41) is 0. The van der Waals surface area contributed by atoms with E-state index in [0.29, 0.717) is 36.1 Å². The summed E-state index contributed by atoms with van der Waals surface area (Å²) >= 11 is 0. The Morgan fingerprint density at radius 2 is 2.00 bits per heavy atom. The number of sulfonamides is 1. The summed E-state index contributed by atoms with van der Waals surface area (Å²) in [7, 11) is -2.50. The van der Waals surface area contributed by atoms with Crippen LogP contribution in [0.3, 0.4) is 0 Å². The van der Waals surface area contributed by atoms with Crippen LogP contribution in [0, 0.1) is 5.82 Å². The zero-order chi connectivity index (χ0) is 23.5. The lowest BCUT2D eigenvalue weighted by Crippen LogP contribution is -2.50. The van der Waals surface area contributed by atoms with E-state index in [2.05, 4.69) is 9.98 Å². The van der Waals surface area contributed by atoms with Crippen molar-refractivity contribution in [1.82, 2.24) is 9.29 Å². The average Bonchev–Trinajstić information content (AvgIpc) is 3.08. The van der Waals surface area contributed by atoms with Crippen molar-refractivity contribution in [3.05, 3.63) is 64.2 Å². The van der Waals surface area contributed by atoms with Gasteiger partial charge in [-0.1, -0.05) is 12.1 Å².